The molecule has 92 valence electrons. The second-order valence-corrected chi connectivity index (χ2v) is 5.04. The molecule has 3 N–H and O–H groups in total. The first kappa shape index (κ1) is 10.5. The Hall–Kier alpha value is -1.37. The van der Waals surface area contributed by atoms with Gasteiger partial charge in [0.05, 0.1) is 5.60 Å². The van der Waals surface area contributed by atoms with E-state index in [2.05, 4.69) is 15.3 Å². The van der Waals surface area contributed by atoms with Gasteiger partial charge < -0.3 is 20.0 Å². The maximum atomic E-state index is 10.1. The van der Waals surface area contributed by atoms with E-state index in [1.165, 1.54) is 0 Å². The quantitative estimate of drug-likeness (QED) is 0.563. The van der Waals surface area contributed by atoms with Gasteiger partial charge in [0, 0.05) is 23.2 Å². The second kappa shape index (κ2) is 3.57. The van der Waals surface area contributed by atoms with Crippen molar-refractivity contribution >= 4 is 23.6 Å². The van der Waals surface area contributed by atoms with Crippen LogP contribution in [0.3, 0.4) is 0 Å². The van der Waals surface area contributed by atoms with E-state index in [0.29, 0.717) is 0 Å². The smallest absolute Gasteiger partial charge is 0.423 e. The summed E-state index contributed by atoms with van der Waals surface area (Å²) in [6.45, 7) is 1.83. The standard InChI is InChI=1S/C12H14BN3O2/c17-13-9-7-16-11-8(1-4-15-11)10(9)12(18-13)2-5-14-6-3-12/h1,4,7,14,17H,2-3,5-6H2,(H,15,16). The van der Waals surface area contributed by atoms with Gasteiger partial charge in [0.1, 0.15) is 5.65 Å². The third kappa shape index (κ3) is 1.25. The molecule has 2 aliphatic heterocycles. The Labute approximate surface area is 105 Å². The van der Waals surface area contributed by atoms with Gasteiger partial charge in [0.2, 0.25) is 0 Å². The highest BCUT2D eigenvalue weighted by atomic mass is 16.5. The Balaban J connectivity index is 1.99. The number of rotatable bonds is 0. The topological polar surface area (TPSA) is 70.2 Å². The normalized spacial score (nSPS) is 21.7. The lowest BCUT2D eigenvalue weighted by molar-refractivity contribution is 0.0301. The summed E-state index contributed by atoms with van der Waals surface area (Å²) in [6, 6.07) is 2.02. The van der Waals surface area contributed by atoms with Crippen LogP contribution in [0.1, 0.15) is 18.4 Å². The zero-order valence-electron chi connectivity index (χ0n) is 9.94. The fraction of sp³-hybridized carbons (Fsp3) is 0.417. The van der Waals surface area contributed by atoms with Crippen LogP contribution in [0, 0.1) is 0 Å². The van der Waals surface area contributed by atoms with Crippen molar-refractivity contribution in [2.45, 2.75) is 18.4 Å². The van der Waals surface area contributed by atoms with Gasteiger partial charge in [-0.1, -0.05) is 0 Å². The molecule has 4 rings (SSSR count). The molecular weight excluding hydrogens is 229 g/mol. The van der Waals surface area contributed by atoms with Crippen LogP contribution >= 0.6 is 0 Å². The number of piperidine rings is 1. The van der Waals surface area contributed by atoms with E-state index in [0.717, 1.165) is 48.0 Å². The first-order valence-corrected chi connectivity index (χ1v) is 6.33. The highest BCUT2D eigenvalue weighted by Crippen LogP contribution is 2.41. The van der Waals surface area contributed by atoms with E-state index in [1.807, 2.05) is 12.3 Å². The summed E-state index contributed by atoms with van der Waals surface area (Å²) in [5, 5.41) is 14.5. The van der Waals surface area contributed by atoms with Gasteiger partial charge in [-0.25, -0.2) is 4.98 Å². The van der Waals surface area contributed by atoms with Crippen molar-refractivity contribution in [3.8, 4) is 0 Å². The maximum Gasteiger partial charge on any atom is 0.493 e. The van der Waals surface area contributed by atoms with Crippen molar-refractivity contribution < 1.29 is 9.68 Å². The van der Waals surface area contributed by atoms with E-state index < -0.39 is 7.12 Å². The van der Waals surface area contributed by atoms with Gasteiger partial charge >= 0.3 is 7.12 Å². The fourth-order valence-corrected chi connectivity index (χ4v) is 3.25. The van der Waals surface area contributed by atoms with E-state index in [1.54, 1.807) is 6.20 Å². The highest BCUT2D eigenvalue weighted by Gasteiger charge is 2.48. The van der Waals surface area contributed by atoms with Gasteiger partial charge in [-0.05, 0) is 37.6 Å². The molecule has 4 heterocycles. The monoisotopic (exact) mass is 243 g/mol. The van der Waals surface area contributed by atoms with Crippen molar-refractivity contribution in [2.24, 2.45) is 0 Å². The molecular formula is C12H14BN3O2. The number of nitrogens with zero attached hydrogens (tertiary/aromatic N) is 1. The Morgan fingerprint density at radius 2 is 2.22 bits per heavy atom. The van der Waals surface area contributed by atoms with Crippen LogP contribution in [-0.2, 0) is 10.3 Å². The average Bonchev–Trinajstić information content (AvgIpc) is 2.94. The lowest BCUT2D eigenvalue weighted by Crippen LogP contribution is -2.41. The summed E-state index contributed by atoms with van der Waals surface area (Å²) in [5.74, 6) is 0. The highest BCUT2D eigenvalue weighted by molar-refractivity contribution is 6.62. The number of aromatic nitrogens is 2. The van der Waals surface area contributed by atoms with E-state index in [4.69, 9.17) is 4.65 Å². The molecule has 0 radical (unpaired) electrons. The SMILES string of the molecule is OB1OC2(CCNCC2)c2c1cnc1[nH]ccc21. The fourth-order valence-electron chi connectivity index (χ4n) is 3.25. The van der Waals surface area contributed by atoms with Crippen molar-refractivity contribution in [3.05, 3.63) is 24.0 Å². The molecule has 0 amide bonds. The van der Waals surface area contributed by atoms with E-state index in [-0.39, 0.29) is 5.60 Å². The molecule has 2 aliphatic rings. The van der Waals surface area contributed by atoms with E-state index >= 15 is 0 Å². The predicted molar refractivity (Wildman–Crippen MR) is 68.6 cm³/mol. The molecule has 0 aliphatic carbocycles. The van der Waals surface area contributed by atoms with Crippen LogP contribution in [0.15, 0.2) is 18.5 Å². The van der Waals surface area contributed by atoms with Gasteiger partial charge in [-0.3, -0.25) is 0 Å². The third-order valence-corrected chi connectivity index (χ3v) is 4.09. The van der Waals surface area contributed by atoms with Crippen molar-refractivity contribution in [3.63, 3.8) is 0 Å². The predicted octanol–water partition coefficient (Wildman–Crippen LogP) is -0.141. The van der Waals surface area contributed by atoms with Crippen LogP contribution in [0.4, 0.5) is 0 Å². The van der Waals surface area contributed by atoms with Gasteiger partial charge in [0.15, 0.2) is 0 Å². The first-order chi connectivity index (χ1) is 8.80. The molecule has 0 atom stereocenters. The molecule has 0 unspecified atom stereocenters. The van der Waals surface area contributed by atoms with Crippen LogP contribution in [-0.4, -0.2) is 35.2 Å². The molecule has 0 saturated carbocycles. The van der Waals surface area contributed by atoms with Crippen molar-refractivity contribution in [1.29, 1.82) is 0 Å². The van der Waals surface area contributed by atoms with Gasteiger partial charge in [0.25, 0.3) is 0 Å². The average molecular weight is 243 g/mol. The molecule has 5 nitrogen and oxygen atoms in total. The maximum absolute atomic E-state index is 10.1. The number of pyridine rings is 1. The number of aromatic amines is 1. The third-order valence-electron chi connectivity index (χ3n) is 4.09. The molecule has 0 aromatic carbocycles. The largest absolute Gasteiger partial charge is 0.493 e. The molecule has 2 aromatic heterocycles. The summed E-state index contributed by atoms with van der Waals surface area (Å²) in [6.07, 6.45) is 5.40. The minimum Gasteiger partial charge on any atom is -0.423 e. The molecule has 2 aromatic rings. The lowest BCUT2D eigenvalue weighted by Gasteiger charge is -2.35. The van der Waals surface area contributed by atoms with Crippen LogP contribution in [0.5, 0.6) is 0 Å². The zero-order valence-corrected chi connectivity index (χ0v) is 9.94. The Bertz CT molecular complexity index is 606. The minimum atomic E-state index is -0.843. The lowest BCUT2D eigenvalue weighted by atomic mass is 9.76. The molecule has 18 heavy (non-hydrogen) atoms. The molecule has 1 spiro atoms. The van der Waals surface area contributed by atoms with Crippen LogP contribution < -0.4 is 10.8 Å². The number of fused-ring (bicyclic) bond motifs is 4. The van der Waals surface area contributed by atoms with Crippen LogP contribution in [0.2, 0.25) is 0 Å². The summed E-state index contributed by atoms with van der Waals surface area (Å²) < 4.78 is 5.90. The Morgan fingerprint density at radius 1 is 1.39 bits per heavy atom. The van der Waals surface area contributed by atoms with E-state index in [9.17, 15) is 5.02 Å². The summed E-state index contributed by atoms with van der Waals surface area (Å²) in [4.78, 5) is 7.45. The van der Waals surface area contributed by atoms with Gasteiger partial charge in [-0.15, -0.1) is 0 Å². The molecule has 0 bridgehead atoms. The second-order valence-electron chi connectivity index (χ2n) is 5.04. The first-order valence-electron chi connectivity index (χ1n) is 6.33. The molecule has 1 fully saturated rings. The van der Waals surface area contributed by atoms with Gasteiger partial charge in [-0.2, -0.15) is 0 Å². The number of hydrogen-bond donors (Lipinski definition) is 3. The number of H-pyrrole nitrogens is 1. The number of nitrogens with one attached hydrogen (secondary N) is 2. The van der Waals surface area contributed by atoms with Crippen molar-refractivity contribution in [2.75, 3.05) is 13.1 Å². The minimum absolute atomic E-state index is 0.344. The Morgan fingerprint density at radius 3 is 3.06 bits per heavy atom. The van der Waals surface area contributed by atoms with Crippen molar-refractivity contribution in [1.82, 2.24) is 15.3 Å². The summed E-state index contributed by atoms with van der Waals surface area (Å²) in [7, 11) is -0.843. The summed E-state index contributed by atoms with van der Waals surface area (Å²) >= 11 is 0. The number of hydrogen-bond acceptors (Lipinski definition) is 4. The molecule has 1 saturated heterocycles. The van der Waals surface area contributed by atoms with Crippen LogP contribution in [0.25, 0.3) is 11.0 Å². The summed E-state index contributed by atoms with van der Waals surface area (Å²) in [5.41, 5.74) is 2.47. The zero-order chi connectivity index (χ0) is 12.2. The molecule has 6 heteroatoms. The Kier molecular flexibility index (Phi) is 2.09.